The number of likely N-dealkylation sites (N-methyl/N-ethyl adjacent to an activating group) is 1. The molecular formula is C21H28N2O2S. The zero-order valence-corrected chi connectivity index (χ0v) is 16.9. The van der Waals surface area contributed by atoms with E-state index in [0.717, 1.165) is 21.7 Å². The van der Waals surface area contributed by atoms with Gasteiger partial charge in [-0.15, -0.1) is 11.3 Å². The molecule has 0 spiro atoms. The lowest BCUT2D eigenvalue weighted by Gasteiger charge is -2.24. The van der Waals surface area contributed by atoms with Gasteiger partial charge in [0.15, 0.2) is 5.78 Å². The van der Waals surface area contributed by atoms with Gasteiger partial charge >= 0.3 is 0 Å². The zero-order valence-electron chi connectivity index (χ0n) is 16.0. The van der Waals surface area contributed by atoms with Crippen molar-refractivity contribution < 1.29 is 9.59 Å². The standard InChI is InChI=1S/C21H28N2O2S/c1-15-12-19(16(2)26-15)20(24)10-11-21(25)22-14-18(23(3)4)13-17-8-6-5-7-9-17/h5-9,12,18H,10-11,13-14H2,1-4H3,(H,22,25). The molecule has 2 aromatic rings. The number of thiophene rings is 1. The summed E-state index contributed by atoms with van der Waals surface area (Å²) in [5.41, 5.74) is 2.01. The van der Waals surface area contributed by atoms with E-state index in [2.05, 4.69) is 22.3 Å². The van der Waals surface area contributed by atoms with E-state index in [0.29, 0.717) is 6.54 Å². The number of benzene rings is 1. The van der Waals surface area contributed by atoms with Gasteiger partial charge in [0.1, 0.15) is 0 Å². The van der Waals surface area contributed by atoms with Crippen LogP contribution >= 0.6 is 11.3 Å². The molecule has 1 N–H and O–H groups in total. The second-order valence-corrected chi connectivity index (χ2v) is 8.32. The first-order valence-corrected chi connectivity index (χ1v) is 9.75. The van der Waals surface area contributed by atoms with Crippen molar-refractivity contribution in [2.45, 2.75) is 39.2 Å². The van der Waals surface area contributed by atoms with Gasteiger partial charge in [-0.25, -0.2) is 0 Å². The minimum absolute atomic E-state index is 0.0513. The molecule has 2 rings (SSSR count). The average molecular weight is 373 g/mol. The summed E-state index contributed by atoms with van der Waals surface area (Å²) in [7, 11) is 4.04. The molecule has 5 heteroatoms. The summed E-state index contributed by atoms with van der Waals surface area (Å²) in [6.07, 6.45) is 1.37. The molecule has 140 valence electrons. The summed E-state index contributed by atoms with van der Waals surface area (Å²) in [6, 6.07) is 12.4. The highest BCUT2D eigenvalue weighted by molar-refractivity contribution is 7.12. The number of nitrogens with one attached hydrogen (secondary N) is 1. The van der Waals surface area contributed by atoms with E-state index in [1.807, 2.05) is 52.2 Å². The molecule has 26 heavy (non-hydrogen) atoms. The van der Waals surface area contributed by atoms with Gasteiger partial charge in [0.05, 0.1) is 0 Å². The maximum absolute atomic E-state index is 12.3. The molecule has 1 aromatic heterocycles. The topological polar surface area (TPSA) is 49.4 Å². The van der Waals surface area contributed by atoms with Gasteiger partial charge in [-0.2, -0.15) is 0 Å². The zero-order chi connectivity index (χ0) is 19.1. The lowest BCUT2D eigenvalue weighted by Crippen LogP contribution is -2.41. The van der Waals surface area contributed by atoms with E-state index >= 15 is 0 Å². The Bertz CT molecular complexity index is 738. The predicted molar refractivity (Wildman–Crippen MR) is 108 cm³/mol. The maximum Gasteiger partial charge on any atom is 0.220 e. The Morgan fingerprint density at radius 3 is 2.38 bits per heavy atom. The second kappa shape index (κ2) is 9.64. The normalized spacial score (nSPS) is 12.2. The van der Waals surface area contributed by atoms with Crippen LogP contribution in [0.4, 0.5) is 0 Å². The van der Waals surface area contributed by atoms with Gasteiger partial charge in [-0.3, -0.25) is 9.59 Å². The Morgan fingerprint density at radius 1 is 1.12 bits per heavy atom. The minimum Gasteiger partial charge on any atom is -0.355 e. The SMILES string of the molecule is Cc1cc(C(=O)CCC(=O)NCC(Cc2ccccc2)N(C)C)c(C)s1. The molecule has 1 aromatic carbocycles. The number of hydrogen-bond acceptors (Lipinski definition) is 4. The maximum atomic E-state index is 12.3. The van der Waals surface area contributed by atoms with Crippen LogP contribution < -0.4 is 5.32 Å². The molecule has 0 fully saturated rings. The Hall–Kier alpha value is -1.98. The number of rotatable bonds is 9. The molecule has 0 aliphatic heterocycles. The van der Waals surface area contributed by atoms with Crippen LogP contribution in [-0.2, 0) is 11.2 Å². The quantitative estimate of drug-likeness (QED) is 0.684. The van der Waals surface area contributed by atoms with Crippen LogP contribution in [0.2, 0.25) is 0 Å². The first-order valence-electron chi connectivity index (χ1n) is 8.94. The number of aryl methyl sites for hydroxylation is 2. The molecule has 1 atom stereocenters. The minimum atomic E-state index is -0.0668. The highest BCUT2D eigenvalue weighted by atomic mass is 32.1. The Balaban J connectivity index is 1.80. The fourth-order valence-corrected chi connectivity index (χ4v) is 3.86. The van der Waals surface area contributed by atoms with Crippen molar-refractivity contribution in [2.24, 2.45) is 0 Å². The number of carbonyl (C=O) groups is 2. The number of ketones is 1. The Morgan fingerprint density at radius 2 is 1.81 bits per heavy atom. The van der Waals surface area contributed by atoms with E-state index in [9.17, 15) is 9.59 Å². The van der Waals surface area contributed by atoms with Crippen LogP contribution in [0.25, 0.3) is 0 Å². The molecular weight excluding hydrogens is 344 g/mol. The third-order valence-electron chi connectivity index (χ3n) is 4.50. The van der Waals surface area contributed by atoms with Crippen molar-refractivity contribution in [3.8, 4) is 0 Å². The van der Waals surface area contributed by atoms with Crippen molar-refractivity contribution in [3.05, 3.63) is 57.3 Å². The van der Waals surface area contributed by atoms with Crippen molar-refractivity contribution in [2.75, 3.05) is 20.6 Å². The van der Waals surface area contributed by atoms with Gasteiger partial charge in [0.25, 0.3) is 0 Å². The lowest BCUT2D eigenvalue weighted by atomic mass is 10.0. The molecule has 4 nitrogen and oxygen atoms in total. The Labute approximate surface area is 160 Å². The van der Waals surface area contributed by atoms with Gasteiger partial charge in [0.2, 0.25) is 5.91 Å². The summed E-state index contributed by atoms with van der Waals surface area (Å²) >= 11 is 1.62. The first-order chi connectivity index (χ1) is 12.4. The van der Waals surface area contributed by atoms with Crippen LogP contribution in [0, 0.1) is 13.8 Å². The smallest absolute Gasteiger partial charge is 0.220 e. The highest BCUT2D eigenvalue weighted by Crippen LogP contribution is 2.22. The molecule has 1 heterocycles. The third kappa shape index (κ3) is 6.07. The van der Waals surface area contributed by atoms with E-state index in [-0.39, 0.29) is 30.6 Å². The second-order valence-electron chi connectivity index (χ2n) is 6.86. The number of hydrogen-bond donors (Lipinski definition) is 1. The number of nitrogens with zero attached hydrogens (tertiary/aromatic N) is 1. The average Bonchev–Trinajstić information content (AvgIpc) is 2.95. The highest BCUT2D eigenvalue weighted by Gasteiger charge is 2.16. The number of Topliss-reactive ketones (excluding diaryl/α,β-unsaturated/α-hetero) is 1. The van der Waals surface area contributed by atoms with Crippen LogP contribution in [0.3, 0.4) is 0 Å². The van der Waals surface area contributed by atoms with Crippen LogP contribution in [0.5, 0.6) is 0 Å². The molecule has 0 radical (unpaired) electrons. The molecule has 1 unspecified atom stereocenters. The van der Waals surface area contributed by atoms with Crippen LogP contribution in [-0.4, -0.2) is 43.3 Å². The van der Waals surface area contributed by atoms with Gasteiger partial charge in [0, 0.05) is 40.7 Å². The first kappa shape index (κ1) is 20.3. The van der Waals surface area contributed by atoms with Gasteiger partial charge in [-0.05, 0) is 46.0 Å². The van der Waals surface area contributed by atoms with Crippen LogP contribution in [0.15, 0.2) is 36.4 Å². The summed E-state index contributed by atoms with van der Waals surface area (Å²) in [6.45, 7) is 4.52. The summed E-state index contributed by atoms with van der Waals surface area (Å²) in [4.78, 5) is 28.7. The molecule has 0 aliphatic carbocycles. The van der Waals surface area contributed by atoms with Gasteiger partial charge in [-0.1, -0.05) is 30.3 Å². The summed E-state index contributed by atoms with van der Waals surface area (Å²) < 4.78 is 0. The largest absolute Gasteiger partial charge is 0.355 e. The molecule has 0 saturated heterocycles. The predicted octanol–water partition coefficient (Wildman–Crippen LogP) is 3.62. The molecule has 1 amide bonds. The summed E-state index contributed by atoms with van der Waals surface area (Å²) in [5, 5.41) is 2.98. The fourth-order valence-electron chi connectivity index (χ4n) is 2.91. The van der Waals surface area contributed by atoms with Gasteiger partial charge < -0.3 is 10.2 Å². The third-order valence-corrected chi connectivity index (χ3v) is 5.47. The molecule has 0 aliphatic rings. The van der Waals surface area contributed by atoms with E-state index in [1.54, 1.807) is 11.3 Å². The fraction of sp³-hybridized carbons (Fsp3) is 0.429. The van der Waals surface area contributed by atoms with Crippen molar-refractivity contribution in [3.63, 3.8) is 0 Å². The van der Waals surface area contributed by atoms with E-state index in [1.165, 1.54) is 5.56 Å². The van der Waals surface area contributed by atoms with E-state index in [4.69, 9.17) is 0 Å². The molecule has 0 saturated carbocycles. The number of amides is 1. The number of carbonyl (C=O) groups excluding carboxylic acids is 2. The van der Waals surface area contributed by atoms with Crippen molar-refractivity contribution in [1.82, 2.24) is 10.2 Å². The van der Waals surface area contributed by atoms with E-state index < -0.39 is 0 Å². The van der Waals surface area contributed by atoms with Crippen LogP contribution in [0.1, 0.15) is 38.5 Å². The monoisotopic (exact) mass is 372 g/mol. The lowest BCUT2D eigenvalue weighted by molar-refractivity contribution is -0.121. The van der Waals surface area contributed by atoms with Crippen molar-refractivity contribution in [1.29, 1.82) is 0 Å². The Kier molecular flexibility index (Phi) is 7.54. The summed E-state index contributed by atoms with van der Waals surface area (Å²) in [5.74, 6) is -0.0155. The van der Waals surface area contributed by atoms with Crippen molar-refractivity contribution >= 4 is 23.0 Å². The molecule has 0 bridgehead atoms.